The number of hydrazone groups is 1. The van der Waals surface area contributed by atoms with Gasteiger partial charge in [0.2, 0.25) is 0 Å². The van der Waals surface area contributed by atoms with Crippen LogP contribution in [0.3, 0.4) is 0 Å². The molecule has 2 amide bonds. The van der Waals surface area contributed by atoms with E-state index in [-0.39, 0.29) is 5.56 Å². The molecule has 0 unspecified atom stereocenters. The van der Waals surface area contributed by atoms with Crippen molar-refractivity contribution in [2.75, 3.05) is 0 Å². The van der Waals surface area contributed by atoms with Gasteiger partial charge in [-0.15, -0.1) is 0 Å². The first kappa shape index (κ1) is 14.3. The van der Waals surface area contributed by atoms with Gasteiger partial charge in [-0.2, -0.15) is 5.10 Å². The number of carbonyl (C=O) groups excluding carboxylic acids is 1. The smallest absolute Gasteiger partial charge is 0.335 e. The lowest BCUT2D eigenvalue weighted by molar-refractivity contribution is 0.0697. The van der Waals surface area contributed by atoms with Gasteiger partial charge in [0.15, 0.2) is 0 Å². The molecule has 0 aromatic heterocycles. The molecule has 0 saturated carbocycles. The van der Waals surface area contributed by atoms with Crippen LogP contribution >= 0.6 is 0 Å². The predicted molar refractivity (Wildman–Crippen MR) is 79.2 cm³/mol. The Morgan fingerprint density at radius 3 is 2.62 bits per heavy atom. The van der Waals surface area contributed by atoms with E-state index in [2.05, 4.69) is 10.5 Å². The molecule has 0 aliphatic rings. The third kappa shape index (κ3) is 3.66. The number of carbonyl (C=O) groups is 2. The van der Waals surface area contributed by atoms with Crippen LogP contribution in [0.1, 0.15) is 15.9 Å². The molecule has 2 aromatic rings. The highest BCUT2D eigenvalue weighted by atomic mass is 16.4. The van der Waals surface area contributed by atoms with Crippen LogP contribution in [-0.4, -0.2) is 23.3 Å². The number of benzene rings is 2. The Labute approximate surface area is 120 Å². The molecule has 4 N–H and O–H groups in total. The summed E-state index contributed by atoms with van der Waals surface area (Å²) in [5.41, 5.74) is 9.53. The van der Waals surface area contributed by atoms with E-state index in [9.17, 15) is 9.59 Å². The van der Waals surface area contributed by atoms with E-state index in [1.54, 1.807) is 24.3 Å². The number of hydrogen-bond acceptors (Lipinski definition) is 3. The normalized spacial score (nSPS) is 10.5. The topological polar surface area (TPSA) is 105 Å². The van der Waals surface area contributed by atoms with Gasteiger partial charge in [-0.25, -0.2) is 15.0 Å². The fourth-order valence-corrected chi connectivity index (χ4v) is 1.86. The summed E-state index contributed by atoms with van der Waals surface area (Å²) >= 11 is 0. The lowest BCUT2D eigenvalue weighted by Gasteiger charge is -2.06. The van der Waals surface area contributed by atoms with Crippen molar-refractivity contribution in [2.24, 2.45) is 10.8 Å². The third-order valence-corrected chi connectivity index (χ3v) is 2.76. The van der Waals surface area contributed by atoms with Crippen molar-refractivity contribution < 1.29 is 14.7 Å². The number of nitrogens with one attached hydrogen (secondary N) is 1. The largest absolute Gasteiger partial charge is 0.478 e. The van der Waals surface area contributed by atoms with Gasteiger partial charge in [0.1, 0.15) is 0 Å². The highest BCUT2D eigenvalue weighted by Crippen LogP contribution is 2.23. The Balaban J connectivity index is 2.40. The zero-order valence-corrected chi connectivity index (χ0v) is 11.0. The number of rotatable bonds is 4. The summed E-state index contributed by atoms with van der Waals surface area (Å²) in [5.74, 6) is -0.988. The third-order valence-electron chi connectivity index (χ3n) is 2.76. The Kier molecular flexibility index (Phi) is 4.30. The Bertz CT molecular complexity index is 711. The molecule has 0 saturated heterocycles. The summed E-state index contributed by atoms with van der Waals surface area (Å²) in [6, 6.07) is 13.1. The number of hydrogen-bond donors (Lipinski definition) is 3. The van der Waals surface area contributed by atoms with E-state index in [0.29, 0.717) is 0 Å². The molecule has 21 heavy (non-hydrogen) atoms. The van der Waals surface area contributed by atoms with Gasteiger partial charge in [0.25, 0.3) is 0 Å². The molecule has 2 aromatic carbocycles. The lowest BCUT2D eigenvalue weighted by atomic mass is 9.99. The first-order chi connectivity index (χ1) is 10.1. The second kappa shape index (κ2) is 6.33. The minimum atomic E-state index is -0.988. The average molecular weight is 283 g/mol. The number of amides is 2. The number of aromatic carboxylic acids is 1. The first-order valence-electron chi connectivity index (χ1n) is 6.09. The molecule has 106 valence electrons. The van der Waals surface area contributed by atoms with E-state index in [1.807, 2.05) is 18.2 Å². The molecule has 6 nitrogen and oxygen atoms in total. The molecule has 0 aliphatic carbocycles. The first-order valence-corrected chi connectivity index (χ1v) is 6.09. The average Bonchev–Trinajstić information content (AvgIpc) is 2.47. The highest BCUT2D eigenvalue weighted by Gasteiger charge is 2.07. The maximum atomic E-state index is 11.0. The second-order valence-electron chi connectivity index (χ2n) is 4.21. The minimum Gasteiger partial charge on any atom is -0.478 e. The van der Waals surface area contributed by atoms with Gasteiger partial charge in [-0.1, -0.05) is 36.4 Å². The van der Waals surface area contributed by atoms with E-state index >= 15 is 0 Å². The number of carboxylic acid groups (broad SMARTS) is 1. The quantitative estimate of drug-likeness (QED) is 0.590. The van der Waals surface area contributed by atoms with Crippen LogP contribution in [0.2, 0.25) is 0 Å². The van der Waals surface area contributed by atoms with Gasteiger partial charge >= 0.3 is 12.0 Å². The van der Waals surface area contributed by atoms with Gasteiger partial charge in [0, 0.05) is 5.56 Å². The van der Waals surface area contributed by atoms with Crippen molar-refractivity contribution in [3.05, 3.63) is 59.7 Å². The predicted octanol–water partition coefficient (Wildman–Crippen LogP) is 2.05. The van der Waals surface area contributed by atoms with Crippen LogP contribution in [0.5, 0.6) is 0 Å². The zero-order valence-electron chi connectivity index (χ0n) is 11.0. The standard InChI is InChI=1S/C15H13N3O3/c16-15(21)18-17-9-12-4-1-2-7-13(12)10-5-3-6-11(8-10)14(19)20/h1-9H,(H,19,20)(H3,16,18,21). The molecular formula is C15H13N3O3. The van der Waals surface area contributed by atoms with Crippen molar-refractivity contribution in [1.29, 1.82) is 0 Å². The summed E-state index contributed by atoms with van der Waals surface area (Å²) < 4.78 is 0. The van der Waals surface area contributed by atoms with Crippen LogP contribution in [0.25, 0.3) is 11.1 Å². The molecule has 0 heterocycles. The fraction of sp³-hybridized carbons (Fsp3) is 0. The van der Waals surface area contributed by atoms with E-state index in [4.69, 9.17) is 10.8 Å². The summed E-state index contributed by atoms with van der Waals surface area (Å²) in [7, 11) is 0. The number of nitrogens with two attached hydrogens (primary N) is 1. The fourth-order valence-electron chi connectivity index (χ4n) is 1.86. The second-order valence-corrected chi connectivity index (χ2v) is 4.21. The van der Waals surface area contributed by atoms with Crippen LogP contribution in [-0.2, 0) is 0 Å². The summed E-state index contributed by atoms with van der Waals surface area (Å²) in [5, 5.41) is 12.8. The van der Waals surface area contributed by atoms with Crippen molar-refractivity contribution in [2.45, 2.75) is 0 Å². The number of carboxylic acids is 1. The summed E-state index contributed by atoms with van der Waals surface area (Å²) in [6.07, 6.45) is 1.45. The summed E-state index contributed by atoms with van der Waals surface area (Å²) in [4.78, 5) is 21.6. The van der Waals surface area contributed by atoms with Crippen molar-refractivity contribution in [3.8, 4) is 11.1 Å². The number of nitrogens with zero attached hydrogens (tertiary/aromatic N) is 1. The molecule has 0 aliphatic heterocycles. The minimum absolute atomic E-state index is 0.203. The molecule has 0 radical (unpaired) electrons. The van der Waals surface area contributed by atoms with Crippen molar-refractivity contribution in [1.82, 2.24) is 5.43 Å². The van der Waals surface area contributed by atoms with Gasteiger partial charge in [-0.3, -0.25) is 0 Å². The zero-order chi connectivity index (χ0) is 15.2. The molecular weight excluding hydrogens is 270 g/mol. The Hall–Kier alpha value is -3.15. The van der Waals surface area contributed by atoms with Crippen LogP contribution in [0.15, 0.2) is 53.6 Å². The number of urea groups is 1. The van der Waals surface area contributed by atoms with Gasteiger partial charge < -0.3 is 10.8 Å². The lowest BCUT2D eigenvalue weighted by Crippen LogP contribution is -2.24. The molecule has 0 bridgehead atoms. The van der Waals surface area contributed by atoms with E-state index in [0.717, 1.165) is 16.7 Å². The molecule has 6 heteroatoms. The molecule has 0 atom stereocenters. The molecule has 0 spiro atoms. The monoisotopic (exact) mass is 283 g/mol. The Morgan fingerprint density at radius 1 is 1.14 bits per heavy atom. The molecule has 0 fully saturated rings. The van der Waals surface area contributed by atoms with E-state index in [1.165, 1.54) is 12.3 Å². The maximum Gasteiger partial charge on any atom is 0.335 e. The van der Waals surface area contributed by atoms with Crippen molar-refractivity contribution >= 4 is 18.2 Å². The SMILES string of the molecule is NC(=O)NN=Cc1ccccc1-c1cccc(C(=O)O)c1. The van der Waals surface area contributed by atoms with Crippen molar-refractivity contribution in [3.63, 3.8) is 0 Å². The number of primary amides is 1. The highest BCUT2D eigenvalue weighted by molar-refractivity contribution is 5.93. The van der Waals surface area contributed by atoms with Crippen LogP contribution in [0, 0.1) is 0 Å². The van der Waals surface area contributed by atoms with Gasteiger partial charge in [0.05, 0.1) is 11.8 Å². The van der Waals surface area contributed by atoms with Crippen LogP contribution < -0.4 is 11.2 Å². The summed E-state index contributed by atoms with van der Waals surface area (Å²) in [6.45, 7) is 0. The van der Waals surface area contributed by atoms with Crippen LogP contribution in [0.4, 0.5) is 4.79 Å². The van der Waals surface area contributed by atoms with E-state index < -0.39 is 12.0 Å². The maximum absolute atomic E-state index is 11.0. The van der Waals surface area contributed by atoms with Gasteiger partial charge in [-0.05, 0) is 23.3 Å². The Morgan fingerprint density at radius 2 is 1.90 bits per heavy atom. The molecule has 2 rings (SSSR count).